The Morgan fingerprint density at radius 3 is 2.60 bits per heavy atom. The van der Waals surface area contributed by atoms with Gasteiger partial charge in [0.1, 0.15) is 5.60 Å². The molecular formula is C25H26N2O3. The molecule has 0 radical (unpaired) electrons. The molecule has 3 aliphatic rings. The van der Waals surface area contributed by atoms with Gasteiger partial charge in [0.05, 0.1) is 24.5 Å². The second-order valence-electron chi connectivity index (χ2n) is 8.59. The van der Waals surface area contributed by atoms with E-state index in [4.69, 9.17) is 4.74 Å². The maximum Gasteiger partial charge on any atom is 0.234 e. The van der Waals surface area contributed by atoms with Crippen LogP contribution in [0.15, 0.2) is 72.8 Å². The first-order valence-electron chi connectivity index (χ1n) is 10.7. The van der Waals surface area contributed by atoms with Gasteiger partial charge in [0.25, 0.3) is 0 Å². The quantitative estimate of drug-likeness (QED) is 0.756. The predicted octanol–water partition coefficient (Wildman–Crippen LogP) is 3.11. The number of nitrogens with zero attached hydrogens (tertiary/aromatic N) is 1. The minimum Gasteiger partial charge on any atom is -0.360 e. The highest BCUT2D eigenvalue weighted by Crippen LogP contribution is 2.52. The average Bonchev–Trinajstić information content (AvgIpc) is 3.42. The van der Waals surface area contributed by atoms with E-state index in [1.807, 2.05) is 67.6 Å². The molecule has 5 nitrogen and oxygen atoms in total. The van der Waals surface area contributed by atoms with Crippen LogP contribution in [0, 0.1) is 11.8 Å². The number of aryl methyl sites for hydroxylation is 1. The minimum atomic E-state index is -0.688. The lowest BCUT2D eigenvalue weighted by molar-refractivity contribution is -0.132. The van der Waals surface area contributed by atoms with Crippen LogP contribution in [0.2, 0.25) is 0 Å². The predicted molar refractivity (Wildman–Crippen MR) is 115 cm³/mol. The van der Waals surface area contributed by atoms with Gasteiger partial charge in [0.15, 0.2) is 0 Å². The molecule has 2 bridgehead atoms. The molecular weight excluding hydrogens is 376 g/mol. The number of hydrogen-bond acceptors (Lipinski definition) is 3. The van der Waals surface area contributed by atoms with E-state index >= 15 is 0 Å². The van der Waals surface area contributed by atoms with Gasteiger partial charge in [-0.05, 0) is 37.5 Å². The van der Waals surface area contributed by atoms with Crippen molar-refractivity contribution in [1.82, 2.24) is 5.32 Å². The van der Waals surface area contributed by atoms with Gasteiger partial charge in [-0.3, -0.25) is 9.59 Å². The molecule has 0 aliphatic carbocycles. The van der Waals surface area contributed by atoms with Crippen LogP contribution in [0.3, 0.4) is 0 Å². The first-order valence-corrected chi connectivity index (χ1v) is 10.7. The van der Waals surface area contributed by atoms with Gasteiger partial charge < -0.3 is 15.0 Å². The molecule has 2 saturated heterocycles. The van der Waals surface area contributed by atoms with Crippen LogP contribution < -0.4 is 10.2 Å². The number of ether oxygens (including phenoxy) is 1. The van der Waals surface area contributed by atoms with E-state index in [0.717, 1.165) is 18.5 Å². The Morgan fingerprint density at radius 2 is 1.87 bits per heavy atom. The van der Waals surface area contributed by atoms with Crippen LogP contribution >= 0.6 is 0 Å². The lowest BCUT2D eigenvalue weighted by atomic mass is 9.76. The smallest absolute Gasteiger partial charge is 0.234 e. The highest BCUT2D eigenvalue weighted by Gasteiger charge is 2.67. The van der Waals surface area contributed by atoms with Gasteiger partial charge in [0, 0.05) is 11.7 Å². The fourth-order valence-corrected chi connectivity index (χ4v) is 5.06. The second kappa shape index (κ2) is 7.40. The lowest BCUT2D eigenvalue weighted by Crippen LogP contribution is -2.46. The van der Waals surface area contributed by atoms with E-state index in [2.05, 4.69) is 17.4 Å². The van der Waals surface area contributed by atoms with Crippen molar-refractivity contribution in [2.45, 2.75) is 37.5 Å². The lowest BCUT2D eigenvalue weighted by Gasteiger charge is -2.25. The molecule has 0 saturated carbocycles. The van der Waals surface area contributed by atoms with Gasteiger partial charge in [0.2, 0.25) is 11.8 Å². The van der Waals surface area contributed by atoms with E-state index in [-0.39, 0.29) is 24.0 Å². The van der Waals surface area contributed by atoms with E-state index in [1.54, 1.807) is 4.90 Å². The van der Waals surface area contributed by atoms with Crippen molar-refractivity contribution in [2.75, 3.05) is 11.4 Å². The number of rotatable bonds is 6. The van der Waals surface area contributed by atoms with Crippen LogP contribution in [-0.4, -0.2) is 36.1 Å². The Hall–Kier alpha value is -2.92. The first kappa shape index (κ1) is 19.1. The summed E-state index contributed by atoms with van der Waals surface area (Å²) >= 11 is 0. The molecule has 5 rings (SSSR count). The van der Waals surface area contributed by atoms with Gasteiger partial charge in [-0.2, -0.15) is 0 Å². The molecule has 1 N–H and O–H groups in total. The third-order valence-electron chi connectivity index (χ3n) is 6.57. The van der Waals surface area contributed by atoms with E-state index in [1.165, 1.54) is 5.56 Å². The molecule has 2 aromatic carbocycles. The summed E-state index contributed by atoms with van der Waals surface area (Å²) in [6.45, 7) is 2.48. The monoisotopic (exact) mass is 402 g/mol. The third kappa shape index (κ3) is 3.14. The summed E-state index contributed by atoms with van der Waals surface area (Å²) in [6.07, 6.45) is 5.38. The molecule has 1 spiro atoms. The number of fused-ring (bicyclic) bond motifs is 1. The maximum atomic E-state index is 13.3. The second-order valence-corrected chi connectivity index (χ2v) is 8.59. The van der Waals surface area contributed by atoms with Crippen LogP contribution in [0.25, 0.3) is 0 Å². The number of carbonyl (C=O) groups is 2. The highest BCUT2D eigenvalue weighted by molar-refractivity contribution is 6.03. The molecule has 5 atom stereocenters. The Bertz CT molecular complexity index is 974. The van der Waals surface area contributed by atoms with Crippen LogP contribution in [0.5, 0.6) is 0 Å². The molecule has 30 heavy (non-hydrogen) atoms. The Kier molecular flexibility index (Phi) is 4.70. The van der Waals surface area contributed by atoms with Gasteiger partial charge >= 0.3 is 0 Å². The normalized spacial score (nSPS) is 29.8. The standard InChI is InChI=1S/C25H26N2O3/c1-17(12-13-18-8-4-2-5-9-18)26-23(28)21-20-14-15-25(30-20)16-27(24(29)22(21)25)19-10-6-3-7-11-19/h2-11,14-15,17,20-22H,12-13,16H2,1H3,(H,26,28)/t17?,20-,21?,22?,25?/m0/s1. The number of nitrogens with one attached hydrogen (secondary N) is 1. The largest absolute Gasteiger partial charge is 0.360 e. The summed E-state index contributed by atoms with van der Waals surface area (Å²) in [4.78, 5) is 28.3. The Balaban J connectivity index is 1.29. The summed E-state index contributed by atoms with van der Waals surface area (Å²) < 4.78 is 6.22. The van der Waals surface area contributed by atoms with E-state index < -0.39 is 17.4 Å². The van der Waals surface area contributed by atoms with Crippen molar-refractivity contribution in [3.05, 3.63) is 78.4 Å². The summed E-state index contributed by atoms with van der Waals surface area (Å²) in [5.41, 5.74) is 1.42. The molecule has 3 heterocycles. The van der Waals surface area contributed by atoms with Crippen molar-refractivity contribution >= 4 is 17.5 Å². The molecule has 2 fully saturated rings. The maximum absolute atomic E-state index is 13.3. The summed E-state index contributed by atoms with van der Waals surface area (Å²) in [5.74, 6) is -1.05. The third-order valence-corrected chi connectivity index (χ3v) is 6.57. The Morgan fingerprint density at radius 1 is 1.17 bits per heavy atom. The van der Waals surface area contributed by atoms with Crippen molar-refractivity contribution in [3.63, 3.8) is 0 Å². The van der Waals surface area contributed by atoms with Crippen molar-refractivity contribution in [2.24, 2.45) is 11.8 Å². The van der Waals surface area contributed by atoms with Crippen molar-refractivity contribution in [1.29, 1.82) is 0 Å². The zero-order valence-corrected chi connectivity index (χ0v) is 17.0. The van der Waals surface area contributed by atoms with E-state index in [0.29, 0.717) is 6.54 Å². The minimum absolute atomic E-state index is 0.0230. The summed E-state index contributed by atoms with van der Waals surface area (Å²) in [6, 6.07) is 19.9. The van der Waals surface area contributed by atoms with E-state index in [9.17, 15) is 9.59 Å². The van der Waals surface area contributed by atoms with Crippen LogP contribution in [0.1, 0.15) is 18.9 Å². The van der Waals surface area contributed by atoms with Crippen molar-refractivity contribution in [3.8, 4) is 0 Å². The number of benzene rings is 2. The topological polar surface area (TPSA) is 58.6 Å². The van der Waals surface area contributed by atoms with Crippen molar-refractivity contribution < 1.29 is 14.3 Å². The van der Waals surface area contributed by atoms with Crippen LogP contribution in [-0.2, 0) is 20.7 Å². The number of para-hydroxylation sites is 1. The molecule has 2 amide bonds. The molecule has 2 aromatic rings. The highest BCUT2D eigenvalue weighted by atomic mass is 16.5. The molecule has 154 valence electrons. The number of amides is 2. The van der Waals surface area contributed by atoms with Crippen LogP contribution in [0.4, 0.5) is 5.69 Å². The number of anilines is 1. The molecule has 4 unspecified atom stereocenters. The number of hydrogen-bond donors (Lipinski definition) is 1. The zero-order valence-electron chi connectivity index (χ0n) is 17.0. The fraction of sp³-hybridized carbons (Fsp3) is 0.360. The molecule has 0 aromatic heterocycles. The van der Waals surface area contributed by atoms with Gasteiger partial charge in [-0.15, -0.1) is 0 Å². The molecule has 5 heteroatoms. The van der Waals surface area contributed by atoms with Gasteiger partial charge in [-0.25, -0.2) is 0 Å². The fourth-order valence-electron chi connectivity index (χ4n) is 5.06. The summed E-state index contributed by atoms with van der Waals surface area (Å²) in [7, 11) is 0. The Labute approximate surface area is 176 Å². The average molecular weight is 402 g/mol. The number of carbonyl (C=O) groups excluding carboxylic acids is 2. The SMILES string of the molecule is CC(CCc1ccccc1)NC(=O)C1C2C(=O)N(c3ccccc3)CC23C=C[C@@H]1O3. The summed E-state index contributed by atoms with van der Waals surface area (Å²) in [5, 5.41) is 3.14. The van der Waals surface area contributed by atoms with Gasteiger partial charge in [-0.1, -0.05) is 60.7 Å². The first-order chi connectivity index (χ1) is 14.6. The molecule has 3 aliphatic heterocycles. The zero-order chi connectivity index (χ0) is 20.7.